The number of aromatic nitrogens is 3. The van der Waals surface area contributed by atoms with Gasteiger partial charge in [0.2, 0.25) is 10.0 Å². The topological polar surface area (TPSA) is 105 Å². The second-order valence-corrected chi connectivity index (χ2v) is 11.2. The molecule has 2 N–H and O–H groups in total. The van der Waals surface area contributed by atoms with Crippen molar-refractivity contribution in [1.29, 1.82) is 0 Å². The van der Waals surface area contributed by atoms with Gasteiger partial charge in [0.1, 0.15) is 0 Å². The average Bonchev–Trinajstić information content (AvgIpc) is 3.58. The van der Waals surface area contributed by atoms with Crippen LogP contribution in [0.2, 0.25) is 0 Å². The summed E-state index contributed by atoms with van der Waals surface area (Å²) in [5, 5.41) is 3.33. The average molecular weight is 512 g/mol. The number of benzene rings is 3. The van der Waals surface area contributed by atoms with Gasteiger partial charge in [-0.05, 0) is 55.2 Å². The van der Waals surface area contributed by atoms with E-state index >= 15 is 0 Å². The molecule has 186 valence electrons. The van der Waals surface area contributed by atoms with Crippen LogP contribution in [0.4, 0.5) is 17.2 Å². The highest BCUT2D eigenvalue weighted by molar-refractivity contribution is 7.92. The predicted octanol–water partition coefficient (Wildman–Crippen LogP) is 5.65. The molecule has 0 aliphatic heterocycles. The molecule has 1 aliphatic rings. The van der Waals surface area contributed by atoms with Gasteiger partial charge in [-0.3, -0.25) is 13.9 Å². The predicted molar refractivity (Wildman–Crippen MR) is 146 cm³/mol. The molecule has 0 radical (unpaired) electrons. The Kier molecular flexibility index (Phi) is 5.64. The minimum Gasteiger partial charge on any atom is -0.337 e. The third kappa shape index (κ3) is 4.90. The maximum absolute atomic E-state index is 12.5. The van der Waals surface area contributed by atoms with Crippen LogP contribution in [-0.4, -0.2) is 34.8 Å². The zero-order chi connectivity index (χ0) is 25.6. The Balaban J connectivity index is 1.37. The van der Waals surface area contributed by atoms with Crippen LogP contribution in [0.3, 0.4) is 0 Å². The Hall–Kier alpha value is -4.24. The largest absolute Gasteiger partial charge is 0.337 e. The summed E-state index contributed by atoms with van der Waals surface area (Å²) in [4.78, 5) is 22.0. The molecule has 0 saturated heterocycles. The summed E-state index contributed by atoms with van der Waals surface area (Å²) in [6, 6.07) is 22.5. The van der Waals surface area contributed by atoms with E-state index in [-0.39, 0.29) is 5.78 Å². The fourth-order valence-electron chi connectivity index (χ4n) is 4.47. The van der Waals surface area contributed by atoms with Crippen molar-refractivity contribution in [3.8, 4) is 11.3 Å². The molecule has 9 heteroatoms. The zero-order valence-electron chi connectivity index (χ0n) is 20.2. The summed E-state index contributed by atoms with van der Waals surface area (Å²) in [6.45, 7) is 0. The van der Waals surface area contributed by atoms with E-state index in [0.717, 1.165) is 52.6 Å². The van der Waals surface area contributed by atoms with Crippen molar-refractivity contribution in [2.24, 2.45) is 5.92 Å². The first-order valence-electron chi connectivity index (χ1n) is 12.1. The Morgan fingerprint density at radius 1 is 0.973 bits per heavy atom. The molecule has 2 aromatic heterocycles. The summed E-state index contributed by atoms with van der Waals surface area (Å²) >= 11 is 0. The Labute approximate surface area is 214 Å². The number of para-hydroxylation sites is 2. The summed E-state index contributed by atoms with van der Waals surface area (Å²) in [7, 11) is -3.35. The number of imidazole rings is 1. The number of sulfonamides is 1. The van der Waals surface area contributed by atoms with Gasteiger partial charge in [0.05, 0.1) is 29.2 Å². The number of nitrogens with one attached hydrogen (secondary N) is 2. The van der Waals surface area contributed by atoms with Gasteiger partial charge in [-0.15, -0.1) is 0 Å². The molecule has 2 heterocycles. The number of anilines is 3. The van der Waals surface area contributed by atoms with Crippen LogP contribution in [0, 0.1) is 5.92 Å². The molecule has 1 saturated carbocycles. The molecule has 3 aromatic carbocycles. The van der Waals surface area contributed by atoms with E-state index in [1.807, 2.05) is 54.7 Å². The number of carbonyl (C=O) groups is 1. The lowest BCUT2D eigenvalue weighted by atomic mass is 10.0. The van der Waals surface area contributed by atoms with Crippen molar-refractivity contribution < 1.29 is 13.2 Å². The fourth-order valence-corrected chi connectivity index (χ4v) is 5.03. The summed E-state index contributed by atoms with van der Waals surface area (Å²) in [5.41, 5.74) is 6.17. The quantitative estimate of drug-likeness (QED) is 0.261. The summed E-state index contributed by atoms with van der Waals surface area (Å²) in [5.74, 6) is 1.33. The minimum atomic E-state index is -3.35. The molecule has 5 aromatic rings. The van der Waals surface area contributed by atoms with E-state index in [4.69, 9.17) is 9.97 Å². The molecule has 8 nitrogen and oxygen atoms in total. The maximum Gasteiger partial charge on any atom is 0.229 e. The number of fused-ring (bicyclic) bond motifs is 3. The highest BCUT2D eigenvalue weighted by Crippen LogP contribution is 2.34. The number of hydrogen-bond donors (Lipinski definition) is 2. The smallest absolute Gasteiger partial charge is 0.229 e. The third-order valence-electron chi connectivity index (χ3n) is 6.45. The first-order valence-corrected chi connectivity index (χ1v) is 14.0. The number of Topliss-reactive ketones (excluding diaryl/α,β-unsaturated/α-hetero) is 1. The number of rotatable bonds is 8. The molecule has 0 bridgehead atoms. The third-order valence-corrected chi connectivity index (χ3v) is 7.06. The van der Waals surface area contributed by atoms with Gasteiger partial charge in [0, 0.05) is 28.9 Å². The highest BCUT2D eigenvalue weighted by atomic mass is 32.2. The maximum atomic E-state index is 12.5. The number of nitrogens with zero attached hydrogens (tertiary/aromatic N) is 3. The molecule has 37 heavy (non-hydrogen) atoms. The van der Waals surface area contributed by atoms with Crippen LogP contribution in [0.15, 0.2) is 79.0 Å². The Bertz CT molecular complexity index is 1740. The number of hydrogen-bond acceptors (Lipinski definition) is 6. The van der Waals surface area contributed by atoms with Gasteiger partial charge < -0.3 is 5.32 Å². The van der Waals surface area contributed by atoms with E-state index in [9.17, 15) is 13.2 Å². The van der Waals surface area contributed by atoms with Crippen LogP contribution in [0.1, 0.15) is 29.6 Å². The van der Waals surface area contributed by atoms with Gasteiger partial charge in [-0.25, -0.2) is 18.4 Å². The van der Waals surface area contributed by atoms with Crippen LogP contribution in [0.5, 0.6) is 0 Å². The van der Waals surface area contributed by atoms with E-state index in [1.165, 1.54) is 0 Å². The van der Waals surface area contributed by atoms with Crippen LogP contribution in [0.25, 0.3) is 27.9 Å². The van der Waals surface area contributed by atoms with E-state index in [1.54, 1.807) is 24.3 Å². The van der Waals surface area contributed by atoms with Gasteiger partial charge in [0.15, 0.2) is 17.2 Å². The number of ketones is 1. The zero-order valence-corrected chi connectivity index (χ0v) is 21.0. The molecule has 0 unspecified atom stereocenters. The monoisotopic (exact) mass is 511 g/mol. The Morgan fingerprint density at radius 3 is 2.38 bits per heavy atom. The summed E-state index contributed by atoms with van der Waals surface area (Å²) in [6.07, 6.45) is 5.88. The van der Waals surface area contributed by atoms with E-state index in [2.05, 4.69) is 14.4 Å². The van der Waals surface area contributed by atoms with Crippen molar-refractivity contribution in [1.82, 2.24) is 14.4 Å². The van der Waals surface area contributed by atoms with E-state index in [0.29, 0.717) is 29.5 Å². The van der Waals surface area contributed by atoms with Crippen molar-refractivity contribution in [3.63, 3.8) is 0 Å². The molecule has 0 amide bonds. The van der Waals surface area contributed by atoms with Crippen molar-refractivity contribution >= 4 is 49.7 Å². The fraction of sp³-hybridized carbons (Fsp3) is 0.179. The van der Waals surface area contributed by atoms with Crippen LogP contribution >= 0.6 is 0 Å². The van der Waals surface area contributed by atoms with Gasteiger partial charge in [0.25, 0.3) is 0 Å². The van der Waals surface area contributed by atoms with E-state index < -0.39 is 10.0 Å². The highest BCUT2D eigenvalue weighted by Gasteiger charge is 2.25. The van der Waals surface area contributed by atoms with Crippen molar-refractivity contribution in [2.45, 2.75) is 19.3 Å². The molecular formula is C28H25N5O3S. The molecule has 0 atom stereocenters. The second kappa shape index (κ2) is 9.01. The number of carbonyl (C=O) groups excluding carboxylic acids is 1. The first-order chi connectivity index (χ1) is 17.8. The lowest BCUT2D eigenvalue weighted by molar-refractivity contribution is 0.0976. The summed E-state index contributed by atoms with van der Waals surface area (Å²) < 4.78 is 27.5. The van der Waals surface area contributed by atoms with Crippen molar-refractivity contribution in [2.75, 3.05) is 16.3 Å². The lowest BCUT2D eigenvalue weighted by Gasteiger charge is -2.12. The molecule has 0 spiro atoms. The van der Waals surface area contributed by atoms with Crippen LogP contribution in [-0.2, 0) is 10.0 Å². The van der Waals surface area contributed by atoms with Gasteiger partial charge in [-0.1, -0.05) is 36.4 Å². The van der Waals surface area contributed by atoms with Crippen molar-refractivity contribution in [3.05, 3.63) is 84.6 Å². The first kappa shape index (κ1) is 23.2. The standard InChI is InChI=1S/C28H25N5O3S/c1-37(35,36)32-22-14-12-21(13-15-22)30-27-28-29-17-25(33(28)24-5-3-2-4-23(24)31-27)19-8-10-20(11-9-19)26(34)16-18-6-7-18/h2-5,8-15,17-18,32H,6-7,16H2,1H3,(H,30,31). The lowest BCUT2D eigenvalue weighted by Crippen LogP contribution is -2.09. The molecule has 1 fully saturated rings. The van der Waals surface area contributed by atoms with Gasteiger partial charge >= 0.3 is 0 Å². The second-order valence-electron chi connectivity index (χ2n) is 9.48. The molecular weight excluding hydrogens is 486 g/mol. The molecule has 6 rings (SSSR count). The van der Waals surface area contributed by atoms with Gasteiger partial charge in [-0.2, -0.15) is 0 Å². The van der Waals surface area contributed by atoms with Crippen LogP contribution < -0.4 is 10.0 Å². The Morgan fingerprint density at radius 2 is 1.68 bits per heavy atom. The SMILES string of the molecule is CS(=O)(=O)Nc1ccc(Nc2nc3ccccc3n3c(-c4ccc(C(=O)CC5CC5)cc4)cnc23)cc1. The minimum absolute atomic E-state index is 0.200. The normalized spacial score (nSPS) is 13.6. The molecule has 1 aliphatic carbocycles.